The summed E-state index contributed by atoms with van der Waals surface area (Å²) in [4.78, 5) is 9.15. The van der Waals surface area contributed by atoms with E-state index in [1.54, 1.807) is 11.8 Å². The van der Waals surface area contributed by atoms with Gasteiger partial charge in [-0.05, 0) is 64.2 Å². The van der Waals surface area contributed by atoms with Crippen LogP contribution in [0.2, 0.25) is 0 Å². The standard InChI is InChI=1S/C30H41N7O/c1-9-21(2)19-24(31)28-29(23-16-15-22(3)25(20-23)38-8)34-37(30(28)32-4)27-14-12-13-26(33-27)36(7)18-11-10-17-35(5)6/h10-16,19-20,31-32H,9,17-18H2,1-8H3. The summed E-state index contributed by atoms with van der Waals surface area (Å²) < 4.78 is 7.38. The second-order valence-corrected chi connectivity index (χ2v) is 9.64. The monoisotopic (exact) mass is 515 g/mol. The van der Waals surface area contributed by atoms with E-state index in [4.69, 9.17) is 20.2 Å². The maximum absolute atomic E-state index is 9.01. The van der Waals surface area contributed by atoms with E-state index in [9.17, 15) is 0 Å². The minimum atomic E-state index is 0.397. The number of nitrogens with zero attached hydrogens (tertiary/aromatic N) is 5. The molecule has 202 valence electrons. The van der Waals surface area contributed by atoms with Crippen molar-refractivity contribution in [2.24, 2.45) is 0 Å². The normalized spacial score (nSPS) is 11.9. The average Bonchev–Trinajstić information content (AvgIpc) is 3.31. The Bertz CT molecular complexity index is 1320. The zero-order chi connectivity index (χ0) is 27.8. The lowest BCUT2D eigenvalue weighted by Gasteiger charge is -2.17. The summed E-state index contributed by atoms with van der Waals surface area (Å²) in [5, 5.41) is 17.3. The zero-order valence-corrected chi connectivity index (χ0v) is 24.0. The SMILES string of the molecule is CCC(C)=CC(=N)c1c(-c2ccc(C)c(OC)c2)nn(-c2cccc(N(C)CC=CCN(C)C)n2)c1NC. The number of hydrogen-bond acceptors (Lipinski definition) is 7. The van der Waals surface area contributed by atoms with E-state index in [0.717, 1.165) is 53.3 Å². The molecule has 0 aliphatic carbocycles. The van der Waals surface area contributed by atoms with Crippen molar-refractivity contribution < 1.29 is 4.74 Å². The van der Waals surface area contributed by atoms with E-state index in [1.807, 2.05) is 70.4 Å². The number of aromatic nitrogens is 3. The number of methoxy groups -OCH3 is 1. The Hall–Kier alpha value is -3.91. The summed E-state index contributed by atoms with van der Waals surface area (Å²) in [6.45, 7) is 7.79. The molecule has 0 aliphatic rings. The number of aryl methyl sites for hydroxylation is 1. The number of likely N-dealkylation sites (N-methyl/N-ethyl adjacent to an activating group) is 2. The van der Waals surface area contributed by atoms with Crippen molar-refractivity contribution >= 4 is 17.3 Å². The molecule has 1 aromatic carbocycles. The Morgan fingerprint density at radius 1 is 1.13 bits per heavy atom. The van der Waals surface area contributed by atoms with Gasteiger partial charge in [0, 0.05) is 32.7 Å². The molecule has 3 aromatic rings. The predicted molar refractivity (Wildman–Crippen MR) is 159 cm³/mol. The van der Waals surface area contributed by atoms with E-state index in [-0.39, 0.29) is 0 Å². The van der Waals surface area contributed by atoms with Crippen LogP contribution >= 0.6 is 0 Å². The van der Waals surface area contributed by atoms with Crippen LogP contribution in [0.25, 0.3) is 17.1 Å². The zero-order valence-electron chi connectivity index (χ0n) is 24.0. The number of ether oxygens (including phenoxy) is 1. The van der Waals surface area contributed by atoms with Gasteiger partial charge >= 0.3 is 0 Å². The second kappa shape index (κ2) is 13.1. The first-order valence-electron chi connectivity index (χ1n) is 12.9. The minimum Gasteiger partial charge on any atom is -0.496 e. The lowest BCUT2D eigenvalue weighted by atomic mass is 10.0. The third-order valence-electron chi connectivity index (χ3n) is 6.37. The van der Waals surface area contributed by atoms with Gasteiger partial charge in [-0.2, -0.15) is 9.78 Å². The van der Waals surface area contributed by atoms with Gasteiger partial charge in [0.2, 0.25) is 0 Å². The Morgan fingerprint density at radius 3 is 2.53 bits per heavy atom. The number of anilines is 2. The summed E-state index contributed by atoms with van der Waals surface area (Å²) >= 11 is 0. The number of rotatable bonds is 12. The molecule has 8 heteroatoms. The third kappa shape index (κ3) is 6.69. The summed E-state index contributed by atoms with van der Waals surface area (Å²) in [7, 11) is 9.65. The molecule has 0 fully saturated rings. The maximum Gasteiger partial charge on any atom is 0.158 e. The quantitative estimate of drug-likeness (QED) is 0.242. The number of pyridine rings is 1. The Labute approximate surface area is 227 Å². The second-order valence-electron chi connectivity index (χ2n) is 9.64. The number of nitrogens with one attached hydrogen (secondary N) is 2. The van der Waals surface area contributed by atoms with Crippen LogP contribution < -0.4 is 15.0 Å². The maximum atomic E-state index is 9.01. The minimum absolute atomic E-state index is 0.397. The molecule has 2 heterocycles. The van der Waals surface area contributed by atoms with Crippen LogP contribution in [0.15, 0.2) is 60.2 Å². The highest BCUT2D eigenvalue weighted by molar-refractivity contribution is 6.14. The van der Waals surface area contributed by atoms with Crippen LogP contribution in [0.4, 0.5) is 11.6 Å². The first-order chi connectivity index (χ1) is 18.2. The van der Waals surface area contributed by atoms with E-state index in [2.05, 4.69) is 48.3 Å². The van der Waals surface area contributed by atoms with Gasteiger partial charge in [0.1, 0.15) is 23.1 Å². The van der Waals surface area contributed by atoms with Crippen LogP contribution in [-0.4, -0.2) is 73.8 Å². The number of benzene rings is 1. The Kier molecular flexibility index (Phi) is 9.85. The van der Waals surface area contributed by atoms with Crippen LogP contribution in [0.3, 0.4) is 0 Å². The molecule has 3 rings (SSSR count). The molecule has 38 heavy (non-hydrogen) atoms. The van der Waals surface area contributed by atoms with Crippen molar-refractivity contribution in [1.82, 2.24) is 19.7 Å². The van der Waals surface area contributed by atoms with E-state index >= 15 is 0 Å². The first-order valence-corrected chi connectivity index (χ1v) is 12.9. The third-order valence-corrected chi connectivity index (χ3v) is 6.37. The van der Waals surface area contributed by atoms with E-state index < -0.39 is 0 Å². The van der Waals surface area contributed by atoms with Crippen molar-refractivity contribution in [3.8, 4) is 22.8 Å². The molecule has 0 atom stereocenters. The van der Waals surface area contributed by atoms with Crippen molar-refractivity contribution in [2.45, 2.75) is 27.2 Å². The Morgan fingerprint density at radius 2 is 1.87 bits per heavy atom. The fraction of sp³-hybridized carbons (Fsp3) is 0.367. The summed E-state index contributed by atoms with van der Waals surface area (Å²) in [6, 6.07) is 11.9. The predicted octanol–water partition coefficient (Wildman–Crippen LogP) is 5.57. The van der Waals surface area contributed by atoms with Gasteiger partial charge in [0.15, 0.2) is 5.82 Å². The highest BCUT2D eigenvalue weighted by Gasteiger charge is 2.23. The van der Waals surface area contributed by atoms with Crippen LogP contribution in [-0.2, 0) is 0 Å². The lowest BCUT2D eigenvalue weighted by molar-refractivity contribution is 0.412. The molecular formula is C30H41N7O. The molecule has 0 saturated heterocycles. The Balaban J connectivity index is 2.13. The number of hydrogen-bond donors (Lipinski definition) is 2. The summed E-state index contributed by atoms with van der Waals surface area (Å²) in [5.74, 6) is 3.01. The fourth-order valence-electron chi connectivity index (χ4n) is 4.01. The van der Waals surface area contributed by atoms with Crippen LogP contribution in [0, 0.1) is 12.3 Å². The van der Waals surface area contributed by atoms with Crippen LogP contribution in [0.5, 0.6) is 5.75 Å². The van der Waals surface area contributed by atoms with Crippen molar-refractivity contribution in [2.75, 3.05) is 58.6 Å². The molecular weight excluding hydrogens is 474 g/mol. The topological polar surface area (TPSA) is 82.3 Å². The average molecular weight is 516 g/mol. The van der Waals surface area contributed by atoms with Crippen molar-refractivity contribution in [1.29, 1.82) is 5.41 Å². The molecule has 8 nitrogen and oxygen atoms in total. The fourth-order valence-corrected chi connectivity index (χ4v) is 4.01. The molecule has 0 aliphatic heterocycles. The molecule has 2 N–H and O–H groups in total. The molecule has 0 radical (unpaired) electrons. The summed E-state index contributed by atoms with van der Waals surface area (Å²) in [6.07, 6.45) is 7.08. The van der Waals surface area contributed by atoms with Crippen molar-refractivity contribution in [3.63, 3.8) is 0 Å². The number of allylic oxidation sites excluding steroid dienone is 2. The van der Waals surface area contributed by atoms with E-state index in [1.165, 1.54) is 0 Å². The largest absolute Gasteiger partial charge is 0.496 e. The van der Waals surface area contributed by atoms with Gasteiger partial charge in [-0.15, -0.1) is 0 Å². The summed E-state index contributed by atoms with van der Waals surface area (Å²) in [5.41, 5.74) is 4.86. The molecule has 0 amide bonds. The molecule has 0 saturated carbocycles. The lowest BCUT2D eigenvalue weighted by Crippen LogP contribution is -2.19. The van der Waals surface area contributed by atoms with Gasteiger partial charge < -0.3 is 25.3 Å². The molecule has 0 spiro atoms. The van der Waals surface area contributed by atoms with Gasteiger partial charge in [-0.1, -0.05) is 42.8 Å². The molecule has 0 bridgehead atoms. The van der Waals surface area contributed by atoms with Crippen molar-refractivity contribution in [3.05, 3.63) is 71.3 Å². The van der Waals surface area contributed by atoms with Gasteiger partial charge in [-0.3, -0.25) is 0 Å². The first kappa shape index (κ1) is 28.7. The molecule has 2 aromatic heterocycles. The van der Waals surface area contributed by atoms with Gasteiger partial charge in [-0.25, -0.2) is 4.98 Å². The highest BCUT2D eigenvalue weighted by Crippen LogP contribution is 2.34. The smallest absolute Gasteiger partial charge is 0.158 e. The van der Waals surface area contributed by atoms with E-state index in [0.29, 0.717) is 23.0 Å². The van der Waals surface area contributed by atoms with Gasteiger partial charge in [0.25, 0.3) is 0 Å². The van der Waals surface area contributed by atoms with Crippen LogP contribution in [0.1, 0.15) is 31.4 Å². The molecule has 0 unspecified atom stereocenters. The highest BCUT2D eigenvalue weighted by atomic mass is 16.5. The van der Waals surface area contributed by atoms with Gasteiger partial charge in [0.05, 0.1) is 18.4 Å².